The summed E-state index contributed by atoms with van der Waals surface area (Å²) in [4.78, 5) is 14.7. The molecule has 4 aromatic rings. The molecule has 1 aromatic heterocycles. The number of aromatic hydroxyl groups is 1. The standard InChI is InChI=1S/C38H44ClFN4O3/c1-23-8-9-24(2)18-43(17-23)36-31-16-32(39)33(30-15-28(45)14-25-6-3-4-7-29(25)30)34(40)35(31)41-37(42-36)47-22-38(12-5-13-38)21-44-26-10-11-27(44)20-46-19-26/h3-4,6-7,14-16,23-24,26-27,45H,5,8-13,17-22H2,1-2H3. The number of morpholine rings is 1. The van der Waals surface area contributed by atoms with E-state index in [1.165, 1.54) is 19.3 Å². The van der Waals surface area contributed by atoms with Gasteiger partial charge in [0.1, 0.15) is 17.1 Å². The van der Waals surface area contributed by atoms with Crippen LogP contribution in [0.2, 0.25) is 5.02 Å². The first-order valence-corrected chi connectivity index (χ1v) is 17.8. The van der Waals surface area contributed by atoms with Gasteiger partial charge < -0.3 is 19.5 Å². The van der Waals surface area contributed by atoms with Crippen LogP contribution in [0.1, 0.15) is 58.8 Å². The van der Waals surface area contributed by atoms with Crippen molar-refractivity contribution in [3.05, 3.63) is 53.3 Å². The third-order valence-corrected chi connectivity index (χ3v) is 11.6. The average Bonchev–Trinajstić information content (AvgIpc) is 3.16. The Hall–Kier alpha value is -3.20. The number of halogens is 2. The van der Waals surface area contributed by atoms with Crippen LogP contribution in [0.25, 0.3) is 32.8 Å². The summed E-state index contributed by atoms with van der Waals surface area (Å²) in [5.41, 5.74) is 0.970. The molecule has 4 atom stereocenters. The van der Waals surface area contributed by atoms with E-state index in [0.717, 1.165) is 69.3 Å². The van der Waals surface area contributed by atoms with Crippen molar-refractivity contribution in [3.63, 3.8) is 0 Å². The van der Waals surface area contributed by atoms with Crippen LogP contribution in [-0.4, -0.2) is 71.5 Å². The van der Waals surface area contributed by atoms with Gasteiger partial charge in [0, 0.05) is 48.1 Å². The van der Waals surface area contributed by atoms with Crippen LogP contribution in [0.3, 0.4) is 0 Å². The van der Waals surface area contributed by atoms with Crippen molar-refractivity contribution < 1.29 is 19.0 Å². The topological polar surface area (TPSA) is 71.0 Å². The number of aromatic nitrogens is 2. The lowest BCUT2D eigenvalue weighted by Crippen LogP contribution is -2.54. The summed E-state index contributed by atoms with van der Waals surface area (Å²) >= 11 is 6.96. The number of nitrogens with zero attached hydrogens (tertiary/aromatic N) is 4. The second kappa shape index (κ2) is 12.4. The first-order valence-electron chi connectivity index (χ1n) is 17.4. The lowest BCUT2D eigenvalue weighted by Gasteiger charge is -2.47. The molecule has 0 spiro atoms. The molecule has 2 bridgehead atoms. The van der Waals surface area contributed by atoms with Crippen molar-refractivity contribution in [2.75, 3.05) is 44.4 Å². The molecular formula is C38H44ClFN4O3. The van der Waals surface area contributed by atoms with Gasteiger partial charge >= 0.3 is 6.01 Å². The fraction of sp³-hybridized carbons (Fsp3) is 0.526. The van der Waals surface area contributed by atoms with Gasteiger partial charge in [-0.1, -0.05) is 56.1 Å². The Kier molecular flexibility index (Phi) is 8.17. The SMILES string of the molecule is CC1CCC(C)CN(c2nc(OCC3(CN4C5CCC4COC5)CCC3)nc3c(F)c(-c4cc(O)cc5ccccc45)c(Cl)cc23)C1. The van der Waals surface area contributed by atoms with Crippen LogP contribution in [0.15, 0.2) is 42.5 Å². The molecular weight excluding hydrogens is 615 g/mol. The van der Waals surface area contributed by atoms with Crippen molar-refractivity contribution in [3.8, 4) is 22.9 Å². The maximum absolute atomic E-state index is 17.0. The van der Waals surface area contributed by atoms with Crippen molar-refractivity contribution in [2.45, 2.75) is 70.9 Å². The number of phenolic OH excluding ortho intramolecular Hbond substituents is 1. The predicted octanol–water partition coefficient (Wildman–Crippen LogP) is 8.23. The number of hydrogen-bond donors (Lipinski definition) is 1. The van der Waals surface area contributed by atoms with Crippen LogP contribution in [0, 0.1) is 23.1 Å². The highest BCUT2D eigenvalue weighted by molar-refractivity contribution is 6.35. The van der Waals surface area contributed by atoms with Crippen molar-refractivity contribution in [1.29, 1.82) is 0 Å². The summed E-state index contributed by atoms with van der Waals surface area (Å²) < 4.78 is 29.4. The highest BCUT2D eigenvalue weighted by Gasteiger charge is 2.46. The maximum atomic E-state index is 17.0. The molecule has 3 saturated heterocycles. The maximum Gasteiger partial charge on any atom is 0.319 e. The molecule has 8 rings (SSSR count). The van der Waals surface area contributed by atoms with E-state index in [1.807, 2.05) is 24.3 Å². The molecule has 0 amide bonds. The number of anilines is 1. The molecule has 248 valence electrons. The lowest BCUT2D eigenvalue weighted by molar-refractivity contribution is -0.0612. The van der Waals surface area contributed by atoms with Gasteiger partial charge in [0.15, 0.2) is 5.82 Å². The third-order valence-electron chi connectivity index (χ3n) is 11.3. The number of hydrogen-bond acceptors (Lipinski definition) is 7. The Bertz CT molecular complexity index is 1790. The minimum absolute atomic E-state index is 0.0342. The van der Waals surface area contributed by atoms with E-state index in [4.69, 9.17) is 31.0 Å². The number of rotatable bonds is 7. The Morgan fingerprint density at radius 3 is 2.40 bits per heavy atom. The van der Waals surface area contributed by atoms with Gasteiger partial charge in [-0.05, 0) is 84.9 Å². The van der Waals surface area contributed by atoms with Gasteiger partial charge in [-0.3, -0.25) is 4.90 Å². The summed E-state index contributed by atoms with van der Waals surface area (Å²) in [7, 11) is 0. The third kappa shape index (κ3) is 5.80. The molecule has 4 fully saturated rings. The lowest BCUT2D eigenvalue weighted by atomic mass is 9.69. The highest BCUT2D eigenvalue weighted by atomic mass is 35.5. The molecule has 4 heterocycles. The van der Waals surface area contributed by atoms with Crippen LogP contribution in [0.4, 0.5) is 10.2 Å². The number of fused-ring (bicyclic) bond motifs is 4. The Morgan fingerprint density at radius 2 is 1.70 bits per heavy atom. The largest absolute Gasteiger partial charge is 0.508 e. The van der Waals surface area contributed by atoms with E-state index in [9.17, 15) is 5.11 Å². The summed E-state index contributed by atoms with van der Waals surface area (Å²) in [6, 6.07) is 13.9. The smallest absolute Gasteiger partial charge is 0.319 e. The zero-order valence-corrected chi connectivity index (χ0v) is 28.1. The first-order chi connectivity index (χ1) is 22.8. The van der Waals surface area contributed by atoms with Crippen LogP contribution in [-0.2, 0) is 4.74 Å². The molecule has 4 unspecified atom stereocenters. The van der Waals surface area contributed by atoms with E-state index in [2.05, 4.69) is 23.6 Å². The molecule has 9 heteroatoms. The van der Waals surface area contributed by atoms with Gasteiger partial charge in [0.25, 0.3) is 0 Å². The molecule has 0 radical (unpaired) electrons. The Labute approximate surface area is 281 Å². The minimum Gasteiger partial charge on any atom is -0.508 e. The minimum atomic E-state index is -0.532. The molecule has 1 N–H and O–H groups in total. The van der Waals surface area contributed by atoms with E-state index in [0.29, 0.717) is 47.3 Å². The molecule has 3 aromatic carbocycles. The number of benzene rings is 3. The van der Waals surface area contributed by atoms with E-state index in [-0.39, 0.29) is 33.3 Å². The van der Waals surface area contributed by atoms with E-state index < -0.39 is 5.82 Å². The molecule has 7 nitrogen and oxygen atoms in total. The van der Waals surface area contributed by atoms with E-state index >= 15 is 4.39 Å². The second-order valence-corrected chi connectivity index (χ2v) is 15.3. The zero-order valence-electron chi connectivity index (χ0n) is 27.4. The van der Waals surface area contributed by atoms with Gasteiger partial charge in [0.2, 0.25) is 0 Å². The molecule has 1 saturated carbocycles. The van der Waals surface area contributed by atoms with Gasteiger partial charge in [-0.15, -0.1) is 0 Å². The summed E-state index contributed by atoms with van der Waals surface area (Å²) in [6.07, 6.45) is 8.06. The quantitative estimate of drug-likeness (QED) is 0.214. The number of phenols is 1. The summed E-state index contributed by atoms with van der Waals surface area (Å²) in [5, 5.41) is 13.0. The average molecular weight is 659 g/mol. The molecule has 4 aliphatic rings. The van der Waals surface area contributed by atoms with Gasteiger partial charge in [-0.25, -0.2) is 4.39 Å². The van der Waals surface area contributed by atoms with Crippen molar-refractivity contribution in [1.82, 2.24) is 14.9 Å². The van der Waals surface area contributed by atoms with Gasteiger partial charge in [0.05, 0.1) is 24.8 Å². The van der Waals surface area contributed by atoms with Crippen LogP contribution >= 0.6 is 11.6 Å². The Morgan fingerprint density at radius 1 is 0.979 bits per heavy atom. The van der Waals surface area contributed by atoms with E-state index in [1.54, 1.807) is 18.2 Å². The van der Waals surface area contributed by atoms with Crippen LogP contribution < -0.4 is 9.64 Å². The zero-order chi connectivity index (χ0) is 32.3. The first kappa shape index (κ1) is 31.1. The highest BCUT2D eigenvalue weighted by Crippen LogP contribution is 2.46. The molecule has 3 aliphatic heterocycles. The normalized spacial score (nSPS) is 26.0. The predicted molar refractivity (Wildman–Crippen MR) is 185 cm³/mol. The Balaban J connectivity index is 1.21. The van der Waals surface area contributed by atoms with Crippen molar-refractivity contribution >= 4 is 39.1 Å². The monoisotopic (exact) mass is 658 g/mol. The fourth-order valence-corrected chi connectivity index (χ4v) is 8.86. The number of ether oxygens (including phenoxy) is 2. The summed E-state index contributed by atoms with van der Waals surface area (Å²) in [6.45, 7) is 9.29. The summed E-state index contributed by atoms with van der Waals surface area (Å²) in [5.74, 6) is 1.13. The fourth-order valence-electron chi connectivity index (χ4n) is 8.57. The van der Waals surface area contributed by atoms with Crippen molar-refractivity contribution in [2.24, 2.45) is 17.3 Å². The molecule has 47 heavy (non-hydrogen) atoms. The van der Waals surface area contributed by atoms with Gasteiger partial charge in [-0.2, -0.15) is 9.97 Å². The molecule has 1 aliphatic carbocycles. The van der Waals surface area contributed by atoms with Crippen LogP contribution in [0.5, 0.6) is 11.8 Å². The second-order valence-electron chi connectivity index (χ2n) is 14.9.